The number of rotatable bonds is 5. The van der Waals surface area contributed by atoms with E-state index in [1.165, 1.54) is 5.57 Å². The van der Waals surface area contributed by atoms with Gasteiger partial charge in [0.1, 0.15) is 6.33 Å². The largest absolute Gasteiger partial charge is 0.349 e. The summed E-state index contributed by atoms with van der Waals surface area (Å²) in [6.07, 6.45) is 3.90. The van der Waals surface area contributed by atoms with Crippen molar-refractivity contribution in [1.29, 1.82) is 0 Å². The van der Waals surface area contributed by atoms with Gasteiger partial charge in [-0.3, -0.25) is 4.79 Å². The molecule has 1 aromatic rings. The predicted molar refractivity (Wildman–Crippen MR) is 77.7 cm³/mol. The third-order valence-electron chi connectivity index (χ3n) is 4.16. The van der Waals surface area contributed by atoms with Crippen LogP contribution >= 0.6 is 0 Å². The third kappa shape index (κ3) is 2.76. The van der Waals surface area contributed by atoms with E-state index >= 15 is 0 Å². The molecule has 1 amide bonds. The molecule has 1 N–H and O–H groups in total. The Kier molecular flexibility index (Phi) is 3.97. The Morgan fingerprint density at radius 2 is 2.20 bits per heavy atom. The van der Waals surface area contributed by atoms with E-state index in [1.54, 1.807) is 6.33 Å². The van der Waals surface area contributed by atoms with Gasteiger partial charge in [-0.1, -0.05) is 25.5 Å². The highest BCUT2D eigenvalue weighted by molar-refractivity contribution is 5.83. The van der Waals surface area contributed by atoms with Crippen LogP contribution in [0.15, 0.2) is 18.0 Å². The SMILES string of the molecule is CCn1cnnc1CNC(=O)[C@H]1[C@H](C=C(C)C)C1(C)C. The highest BCUT2D eigenvalue weighted by Gasteiger charge is 2.60. The van der Waals surface area contributed by atoms with Gasteiger partial charge in [0.05, 0.1) is 12.5 Å². The zero-order valence-corrected chi connectivity index (χ0v) is 13.0. The quantitative estimate of drug-likeness (QED) is 0.838. The number of carbonyl (C=O) groups excluding carboxylic acids is 1. The van der Waals surface area contributed by atoms with Gasteiger partial charge in [0, 0.05) is 6.54 Å². The maximum atomic E-state index is 12.3. The molecule has 1 aliphatic rings. The van der Waals surface area contributed by atoms with Crippen molar-refractivity contribution in [2.45, 2.75) is 47.7 Å². The number of nitrogens with one attached hydrogen (secondary N) is 1. The van der Waals surface area contributed by atoms with Gasteiger partial charge in [-0.15, -0.1) is 10.2 Å². The zero-order valence-electron chi connectivity index (χ0n) is 13.0. The number of nitrogens with zero attached hydrogens (tertiary/aromatic N) is 3. The van der Waals surface area contributed by atoms with Crippen molar-refractivity contribution in [3.63, 3.8) is 0 Å². The van der Waals surface area contributed by atoms with Gasteiger partial charge in [0.2, 0.25) is 5.91 Å². The van der Waals surface area contributed by atoms with E-state index in [0.717, 1.165) is 12.4 Å². The molecule has 2 rings (SSSR count). The fraction of sp³-hybridized carbons (Fsp3) is 0.667. The maximum Gasteiger partial charge on any atom is 0.224 e. The summed E-state index contributed by atoms with van der Waals surface area (Å²) >= 11 is 0. The minimum absolute atomic E-state index is 0.0553. The summed E-state index contributed by atoms with van der Waals surface area (Å²) in [7, 11) is 0. The molecule has 2 atom stereocenters. The molecule has 1 fully saturated rings. The van der Waals surface area contributed by atoms with E-state index in [-0.39, 0.29) is 17.2 Å². The molecule has 1 saturated carbocycles. The molecular formula is C15H24N4O. The first kappa shape index (κ1) is 14.8. The molecule has 0 saturated heterocycles. The first-order valence-corrected chi connectivity index (χ1v) is 7.17. The Bertz CT molecular complexity index is 526. The summed E-state index contributed by atoms with van der Waals surface area (Å²) in [5, 5.41) is 10.9. The lowest BCUT2D eigenvalue weighted by Gasteiger charge is -2.06. The van der Waals surface area contributed by atoms with E-state index in [2.05, 4.69) is 49.3 Å². The van der Waals surface area contributed by atoms with Crippen LogP contribution in [-0.2, 0) is 17.9 Å². The second kappa shape index (κ2) is 5.38. The Labute approximate surface area is 120 Å². The van der Waals surface area contributed by atoms with E-state index in [9.17, 15) is 4.79 Å². The Morgan fingerprint density at radius 3 is 2.80 bits per heavy atom. The second-order valence-electron chi connectivity index (χ2n) is 6.32. The van der Waals surface area contributed by atoms with Crippen molar-refractivity contribution in [1.82, 2.24) is 20.1 Å². The highest BCUT2D eigenvalue weighted by atomic mass is 16.2. The smallest absolute Gasteiger partial charge is 0.224 e. The summed E-state index contributed by atoms with van der Waals surface area (Å²) in [4.78, 5) is 12.3. The summed E-state index contributed by atoms with van der Waals surface area (Å²) < 4.78 is 1.94. The fourth-order valence-electron chi connectivity index (χ4n) is 2.80. The number of hydrogen-bond acceptors (Lipinski definition) is 3. The van der Waals surface area contributed by atoms with Crippen LogP contribution in [-0.4, -0.2) is 20.7 Å². The molecule has 0 aromatic carbocycles. The highest BCUT2D eigenvalue weighted by Crippen LogP contribution is 2.59. The van der Waals surface area contributed by atoms with Gasteiger partial charge in [0.15, 0.2) is 5.82 Å². The van der Waals surface area contributed by atoms with E-state index in [1.807, 2.05) is 11.5 Å². The van der Waals surface area contributed by atoms with E-state index in [0.29, 0.717) is 12.5 Å². The summed E-state index contributed by atoms with van der Waals surface area (Å²) in [5.41, 5.74) is 1.32. The number of hydrogen-bond donors (Lipinski definition) is 1. The van der Waals surface area contributed by atoms with Gasteiger partial charge in [-0.05, 0) is 32.1 Å². The van der Waals surface area contributed by atoms with Gasteiger partial charge < -0.3 is 9.88 Å². The molecule has 0 radical (unpaired) electrons. The molecule has 0 spiro atoms. The molecule has 20 heavy (non-hydrogen) atoms. The van der Waals surface area contributed by atoms with E-state index in [4.69, 9.17) is 0 Å². The Hall–Kier alpha value is -1.65. The maximum absolute atomic E-state index is 12.3. The minimum atomic E-state index is 0.0553. The molecule has 1 aliphatic carbocycles. The molecule has 5 heteroatoms. The van der Waals surface area contributed by atoms with Gasteiger partial charge >= 0.3 is 0 Å². The van der Waals surface area contributed by atoms with Crippen molar-refractivity contribution >= 4 is 5.91 Å². The Balaban J connectivity index is 1.95. The van der Waals surface area contributed by atoms with Gasteiger partial charge in [0.25, 0.3) is 0 Å². The van der Waals surface area contributed by atoms with Crippen LogP contribution in [0.25, 0.3) is 0 Å². The number of allylic oxidation sites excluding steroid dienone is 2. The number of amides is 1. The van der Waals surface area contributed by atoms with E-state index < -0.39 is 0 Å². The number of aromatic nitrogens is 3. The van der Waals surface area contributed by atoms with Crippen LogP contribution in [0.2, 0.25) is 0 Å². The van der Waals surface area contributed by atoms with Crippen LogP contribution in [0.4, 0.5) is 0 Å². The molecule has 1 heterocycles. The molecule has 1 aromatic heterocycles. The molecular weight excluding hydrogens is 252 g/mol. The van der Waals surface area contributed by atoms with Crippen LogP contribution in [0, 0.1) is 17.3 Å². The lowest BCUT2D eigenvalue weighted by Crippen LogP contribution is -2.27. The Morgan fingerprint density at radius 1 is 1.50 bits per heavy atom. The van der Waals surface area contributed by atoms with Crippen molar-refractivity contribution in [2.75, 3.05) is 0 Å². The number of carbonyl (C=O) groups is 1. The topological polar surface area (TPSA) is 59.8 Å². The molecule has 5 nitrogen and oxygen atoms in total. The third-order valence-corrected chi connectivity index (χ3v) is 4.16. The first-order chi connectivity index (χ1) is 9.37. The summed E-state index contributed by atoms with van der Waals surface area (Å²) in [5.74, 6) is 1.33. The van der Waals surface area contributed by atoms with Crippen molar-refractivity contribution < 1.29 is 4.79 Å². The normalized spacial score (nSPS) is 23.2. The van der Waals surface area contributed by atoms with Crippen molar-refractivity contribution in [3.05, 3.63) is 23.8 Å². The minimum Gasteiger partial charge on any atom is -0.349 e. The zero-order chi connectivity index (χ0) is 14.9. The summed E-state index contributed by atoms with van der Waals surface area (Å²) in [6, 6.07) is 0. The van der Waals surface area contributed by atoms with Gasteiger partial charge in [-0.25, -0.2) is 0 Å². The fourth-order valence-corrected chi connectivity index (χ4v) is 2.80. The molecule has 110 valence electrons. The van der Waals surface area contributed by atoms with Crippen LogP contribution < -0.4 is 5.32 Å². The lowest BCUT2D eigenvalue weighted by atomic mass is 10.1. The second-order valence-corrected chi connectivity index (χ2v) is 6.32. The standard InChI is InChI=1S/C15H24N4O/c1-6-19-9-17-18-12(19)8-16-14(20)13-11(7-10(2)3)15(13,4)5/h7,9,11,13H,6,8H2,1-5H3,(H,16,20)/t11-,13+/m0/s1. The summed E-state index contributed by atoms with van der Waals surface area (Å²) in [6.45, 7) is 11.7. The molecule has 0 unspecified atom stereocenters. The average molecular weight is 276 g/mol. The first-order valence-electron chi connectivity index (χ1n) is 7.17. The predicted octanol–water partition coefficient (Wildman–Crippen LogP) is 2.15. The average Bonchev–Trinajstić information content (AvgIpc) is 2.76. The van der Waals surface area contributed by atoms with Crippen LogP contribution in [0.5, 0.6) is 0 Å². The number of aryl methyl sites for hydroxylation is 1. The van der Waals surface area contributed by atoms with Gasteiger partial charge in [-0.2, -0.15) is 0 Å². The molecule has 0 aliphatic heterocycles. The van der Waals surface area contributed by atoms with Crippen LogP contribution in [0.3, 0.4) is 0 Å². The lowest BCUT2D eigenvalue weighted by molar-refractivity contribution is -0.123. The monoisotopic (exact) mass is 276 g/mol. The molecule has 0 bridgehead atoms. The van der Waals surface area contributed by atoms with Crippen molar-refractivity contribution in [2.24, 2.45) is 17.3 Å². The van der Waals surface area contributed by atoms with Crippen LogP contribution in [0.1, 0.15) is 40.4 Å². The van der Waals surface area contributed by atoms with Crippen molar-refractivity contribution in [3.8, 4) is 0 Å².